The Morgan fingerprint density at radius 1 is 1.15 bits per heavy atom. The Kier molecular flexibility index (Phi) is 7.00. The van der Waals surface area contributed by atoms with E-state index < -0.39 is 5.97 Å². The molecule has 6 heteroatoms. The number of nitrogens with one attached hydrogen (secondary N) is 1. The summed E-state index contributed by atoms with van der Waals surface area (Å²) in [6.07, 6.45) is 3.04. The minimum absolute atomic E-state index is 0.0972. The lowest BCUT2D eigenvalue weighted by atomic mass is 10.1. The molecule has 5 nitrogen and oxygen atoms in total. The van der Waals surface area contributed by atoms with E-state index >= 15 is 0 Å². The Hall–Kier alpha value is -3.05. The summed E-state index contributed by atoms with van der Waals surface area (Å²) in [6, 6.07) is 13.8. The number of benzene rings is 2. The number of ether oxygens (including phenoxy) is 2. The van der Waals surface area contributed by atoms with Gasteiger partial charge in [0.25, 0.3) is 0 Å². The summed E-state index contributed by atoms with van der Waals surface area (Å²) < 4.78 is 10.1. The lowest BCUT2D eigenvalue weighted by Gasteiger charge is -2.09. The minimum Gasteiger partial charge on any atom is -0.497 e. The van der Waals surface area contributed by atoms with Crippen LogP contribution in [-0.4, -0.2) is 25.6 Å². The number of methoxy groups -OCH3 is 1. The van der Waals surface area contributed by atoms with Crippen molar-refractivity contribution >= 4 is 35.2 Å². The molecule has 0 radical (unpaired) electrons. The molecule has 0 fully saturated rings. The van der Waals surface area contributed by atoms with Crippen LogP contribution in [0.1, 0.15) is 15.9 Å². The Morgan fingerprint density at radius 2 is 1.85 bits per heavy atom. The largest absolute Gasteiger partial charge is 0.497 e. The van der Waals surface area contributed by atoms with Gasteiger partial charge in [-0.1, -0.05) is 42.4 Å². The van der Waals surface area contributed by atoms with Gasteiger partial charge in [0, 0.05) is 11.1 Å². The van der Waals surface area contributed by atoms with Gasteiger partial charge in [-0.15, -0.1) is 0 Å². The molecule has 2 aromatic rings. The molecule has 2 rings (SSSR count). The first-order chi connectivity index (χ1) is 12.5. The van der Waals surface area contributed by atoms with Crippen LogP contribution in [0.4, 0.5) is 5.69 Å². The smallest absolute Gasteiger partial charge is 0.340 e. The Labute approximate surface area is 156 Å². The first-order valence-electron chi connectivity index (χ1n) is 7.72. The van der Waals surface area contributed by atoms with Crippen molar-refractivity contribution in [3.63, 3.8) is 0 Å². The molecule has 0 aliphatic heterocycles. The van der Waals surface area contributed by atoms with Gasteiger partial charge >= 0.3 is 5.97 Å². The molecule has 0 spiro atoms. The van der Waals surface area contributed by atoms with Crippen molar-refractivity contribution in [3.05, 3.63) is 77.3 Å². The van der Waals surface area contributed by atoms with Gasteiger partial charge in [-0.25, -0.2) is 4.79 Å². The van der Waals surface area contributed by atoms with Crippen LogP contribution in [0.15, 0.2) is 66.2 Å². The van der Waals surface area contributed by atoms with Crippen LogP contribution < -0.4 is 10.1 Å². The molecule has 0 bridgehead atoms. The second kappa shape index (κ2) is 9.44. The number of hydrogen-bond donors (Lipinski definition) is 1. The number of rotatable bonds is 7. The molecule has 0 unspecified atom stereocenters. The number of anilines is 1. The Balaban J connectivity index is 2.05. The molecule has 2 aromatic carbocycles. The molecule has 0 saturated heterocycles. The molecule has 0 aromatic heterocycles. The van der Waals surface area contributed by atoms with Crippen molar-refractivity contribution in [3.8, 4) is 5.75 Å². The van der Waals surface area contributed by atoms with Gasteiger partial charge in [-0.3, -0.25) is 4.79 Å². The van der Waals surface area contributed by atoms with E-state index in [1.165, 1.54) is 6.08 Å². The van der Waals surface area contributed by atoms with Crippen LogP contribution in [0.2, 0.25) is 0 Å². The third-order valence-electron chi connectivity index (χ3n) is 3.31. The fourth-order valence-electron chi connectivity index (χ4n) is 2.05. The lowest BCUT2D eigenvalue weighted by Crippen LogP contribution is -2.14. The SMILES string of the molecule is C=C(Cl)COC(=O)c1ccccc1NC(=O)/C=C/c1ccc(OC)cc1. The number of halogens is 1. The summed E-state index contributed by atoms with van der Waals surface area (Å²) in [7, 11) is 1.59. The second-order valence-corrected chi connectivity index (χ2v) is 5.77. The molecule has 0 aliphatic carbocycles. The molecule has 1 N–H and O–H groups in total. The highest BCUT2D eigenvalue weighted by atomic mass is 35.5. The van der Waals surface area contributed by atoms with E-state index in [2.05, 4.69) is 11.9 Å². The van der Waals surface area contributed by atoms with Gasteiger partial charge in [0.1, 0.15) is 12.4 Å². The zero-order valence-electron chi connectivity index (χ0n) is 14.2. The topological polar surface area (TPSA) is 64.6 Å². The van der Waals surface area contributed by atoms with Crippen molar-refractivity contribution in [1.82, 2.24) is 0 Å². The van der Waals surface area contributed by atoms with Crippen LogP contribution in [0.25, 0.3) is 6.08 Å². The average molecular weight is 372 g/mol. The van der Waals surface area contributed by atoms with E-state index in [0.717, 1.165) is 11.3 Å². The van der Waals surface area contributed by atoms with Crippen LogP contribution in [-0.2, 0) is 9.53 Å². The van der Waals surface area contributed by atoms with E-state index in [9.17, 15) is 9.59 Å². The fraction of sp³-hybridized carbons (Fsp3) is 0.100. The average Bonchev–Trinajstić information content (AvgIpc) is 2.65. The van der Waals surface area contributed by atoms with Crippen molar-refractivity contribution < 1.29 is 19.1 Å². The zero-order chi connectivity index (χ0) is 18.9. The number of amides is 1. The Bertz CT molecular complexity index is 828. The summed E-state index contributed by atoms with van der Waals surface area (Å²) >= 11 is 5.59. The maximum atomic E-state index is 12.1. The molecular formula is C20H18ClNO4. The molecule has 1 amide bonds. The molecule has 0 saturated carbocycles. The van der Waals surface area contributed by atoms with Crippen LogP contribution in [0.5, 0.6) is 5.75 Å². The molecule has 0 heterocycles. The normalized spacial score (nSPS) is 10.4. The standard InChI is InChI=1S/C20H18ClNO4/c1-14(21)13-26-20(24)17-5-3-4-6-18(17)22-19(23)12-9-15-7-10-16(25-2)11-8-15/h3-12H,1,13H2,2H3,(H,22,23)/b12-9+. The maximum absolute atomic E-state index is 12.1. The van der Waals surface area contributed by atoms with Gasteiger partial charge in [0.15, 0.2) is 0 Å². The predicted molar refractivity (Wildman–Crippen MR) is 102 cm³/mol. The maximum Gasteiger partial charge on any atom is 0.340 e. The van der Waals surface area contributed by atoms with Crippen molar-refractivity contribution in [2.45, 2.75) is 0 Å². The molecule has 0 atom stereocenters. The predicted octanol–water partition coefficient (Wildman–Crippen LogP) is 4.26. The molecular weight excluding hydrogens is 354 g/mol. The third-order valence-corrected chi connectivity index (χ3v) is 3.42. The van der Waals surface area contributed by atoms with E-state index in [1.54, 1.807) is 49.6 Å². The van der Waals surface area contributed by atoms with E-state index in [0.29, 0.717) is 5.69 Å². The highest BCUT2D eigenvalue weighted by Crippen LogP contribution is 2.17. The second-order valence-electron chi connectivity index (χ2n) is 5.23. The van der Waals surface area contributed by atoms with E-state index in [1.807, 2.05) is 12.1 Å². The summed E-state index contributed by atoms with van der Waals surface area (Å²) in [5.41, 5.74) is 1.42. The molecule has 134 valence electrons. The van der Waals surface area contributed by atoms with Crippen LogP contribution in [0.3, 0.4) is 0 Å². The highest BCUT2D eigenvalue weighted by Gasteiger charge is 2.13. The van der Waals surface area contributed by atoms with E-state index in [4.69, 9.17) is 21.1 Å². The summed E-state index contributed by atoms with van der Waals surface area (Å²) in [6.45, 7) is 3.36. The van der Waals surface area contributed by atoms with E-state index in [-0.39, 0.29) is 23.1 Å². The number of para-hydroxylation sites is 1. The number of hydrogen-bond acceptors (Lipinski definition) is 4. The summed E-state index contributed by atoms with van der Waals surface area (Å²) in [4.78, 5) is 24.2. The van der Waals surface area contributed by atoms with Crippen molar-refractivity contribution in [2.75, 3.05) is 19.0 Å². The fourth-order valence-corrected chi connectivity index (χ4v) is 2.11. The monoisotopic (exact) mass is 371 g/mol. The number of carbonyl (C=O) groups excluding carboxylic acids is 2. The van der Waals surface area contributed by atoms with Gasteiger partial charge < -0.3 is 14.8 Å². The van der Waals surface area contributed by atoms with Crippen LogP contribution in [0, 0.1) is 0 Å². The summed E-state index contributed by atoms with van der Waals surface area (Å²) in [5, 5.41) is 2.88. The van der Waals surface area contributed by atoms with Crippen molar-refractivity contribution in [2.24, 2.45) is 0 Å². The lowest BCUT2D eigenvalue weighted by molar-refractivity contribution is -0.111. The first kappa shape index (κ1) is 19.3. The van der Waals surface area contributed by atoms with Gasteiger partial charge in [-0.05, 0) is 35.9 Å². The van der Waals surface area contributed by atoms with Gasteiger partial charge in [0.2, 0.25) is 5.91 Å². The highest BCUT2D eigenvalue weighted by molar-refractivity contribution is 6.29. The van der Waals surface area contributed by atoms with Gasteiger partial charge in [-0.2, -0.15) is 0 Å². The van der Waals surface area contributed by atoms with Crippen LogP contribution >= 0.6 is 11.6 Å². The molecule has 0 aliphatic rings. The van der Waals surface area contributed by atoms with Crippen molar-refractivity contribution in [1.29, 1.82) is 0 Å². The summed E-state index contributed by atoms with van der Waals surface area (Å²) in [5.74, 6) is -0.233. The minimum atomic E-state index is -0.596. The Morgan fingerprint density at radius 3 is 2.50 bits per heavy atom. The third kappa shape index (κ3) is 5.79. The zero-order valence-corrected chi connectivity index (χ0v) is 15.0. The van der Waals surface area contributed by atoms with Gasteiger partial charge in [0.05, 0.1) is 18.4 Å². The first-order valence-corrected chi connectivity index (χ1v) is 8.10. The molecule has 26 heavy (non-hydrogen) atoms. The number of esters is 1. The quantitative estimate of drug-likeness (QED) is 0.583. The number of carbonyl (C=O) groups is 2.